The van der Waals surface area contributed by atoms with Gasteiger partial charge in [0.25, 0.3) is 0 Å². The van der Waals surface area contributed by atoms with E-state index < -0.39 is 9.84 Å². The average Bonchev–Trinajstić information content (AvgIpc) is 3.03. The van der Waals surface area contributed by atoms with Crippen LogP contribution in [-0.4, -0.2) is 56.4 Å². The lowest BCUT2D eigenvalue weighted by Gasteiger charge is -2.26. The molecule has 126 valence electrons. The zero-order chi connectivity index (χ0) is 16.6. The number of amides is 1. The zero-order valence-corrected chi connectivity index (χ0v) is 14.6. The number of benzene rings is 1. The van der Waals surface area contributed by atoms with E-state index in [1.54, 1.807) is 0 Å². The summed E-state index contributed by atoms with van der Waals surface area (Å²) in [6.45, 7) is 2.68. The van der Waals surface area contributed by atoms with Crippen molar-refractivity contribution in [2.24, 2.45) is 0 Å². The monoisotopic (exact) mass is 336 g/mol. The number of para-hydroxylation sites is 1. The molecule has 1 amide bonds. The number of rotatable bonds is 4. The number of carbonyl (C=O) groups is 1. The van der Waals surface area contributed by atoms with Crippen molar-refractivity contribution in [3.8, 4) is 0 Å². The summed E-state index contributed by atoms with van der Waals surface area (Å²) < 4.78 is 23.1. The van der Waals surface area contributed by atoms with Crippen LogP contribution in [0.15, 0.2) is 24.3 Å². The second-order valence-corrected chi connectivity index (χ2v) is 8.96. The number of carbonyl (C=O) groups excluding carboxylic acids is 1. The van der Waals surface area contributed by atoms with Crippen LogP contribution in [0.2, 0.25) is 0 Å². The van der Waals surface area contributed by atoms with E-state index in [9.17, 15) is 13.2 Å². The summed E-state index contributed by atoms with van der Waals surface area (Å²) >= 11 is 0. The van der Waals surface area contributed by atoms with Crippen molar-refractivity contribution in [3.63, 3.8) is 0 Å². The van der Waals surface area contributed by atoms with E-state index in [2.05, 4.69) is 13.0 Å². The molecule has 0 radical (unpaired) electrons. The Morgan fingerprint density at radius 2 is 2.09 bits per heavy atom. The Morgan fingerprint density at radius 1 is 1.35 bits per heavy atom. The van der Waals surface area contributed by atoms with E-state index in [4.69, 9.17) is 0 Å². The normalized spacial score (nSPS) is 25.8. The molecule has 2 aliphatic heterocycles. The summed E-state index contributed by atoms with van der Waals surface area (Å²) in [4.78, 5) is 16.6. The summed E-state index contributed by atoms with van der Waals surface area (Å²) in [6, 6.07) is 8.30. The summed E-state index contributed by atoms with van der Waals surface area (Å²) in [7, 11) is -0.964. The Kier molecular flexibility index (Phi) is 4.47. The predicted octanol–water partition coefficient (Wildman–Crippen LogP) is 1.47. The highest BCUT2D eigenvalue weighted by Gasteiger charge is 2.33. The maximum absolute atomic E-state index is 12.6. The Bertz CT molecular complexity index is 702. The zero-order valence-electron chi connectivity index (χ0n) is 13.7. The lowest BCUT2D eigenvalue weighted by Crippen LogP contribution is -2.39. The molecule has 1 fully saturated rings. The van der Waals surface area contributed by atoms with Crippen molar-refractivity contribution >= 4 is 21.4 Å². The Hall–Kier alpha value is -1.40. The van der Waals surface area contributed by atoms with Crippen molar-refractivity contribution in [1.29, 1.82) is 0 Å². The van der Waals surface area contributed by atoms with Gasteiger partial charge in [-0.05, 0) is 38.4 Å². The first kappa shape index (κ1) is 16.5. The van der Waals surface area contributed by atoms with Gasteiger partial charge in [-0.1, -0.05) is 18.2 Å². The molecule has 23 heavy (non-hydrogen) atoms. The molecule has 1 aromatic carbocycles. The Morgan fingerprint density at radius 3 is 2.78 bits per heavy atom. The molecule has 0 aromatic heterocycles. The van der Waals surface area contributed by atoms with Crippen molar-refractivity contribution in [3.05, 3.63) is 29.8 Å². The minimum Gasteiger partial charge on any atom is -0.309 e. The molecule has 3 rings (SSSR count). The van der Waals surface area contributed by atoms with Gasteiger partial charge in [-0.25, -0.2) is 8.42 Å². The molecule has 2 heterocycles. The largest absolute Gasteiger partial charge is 0.309 e. The molecule has 0 spiro atoms. The summed E-state index contributed by atoms with van der Waals surface area (Å²) in [5, 5.41) is 0. The molecule has 2 aliphatic rings. The molecule has 2 unspecified atom stereocenters. The molecule has 0 bridgehead atoms. The molecule has 1 saturated heterocycles. The van der Waals surface area contributed by atoms with Gasteiger partial charge in [-0.15, -0.1) is 0 Å². The lowest BCUT2D eigenvalue weighted by atomic mass is 10.1. The Balaban J connectivity index is 1.60. The average molecular weight is 336 g/mol. The van der Waals surface area contributed by atoms with Crippen molar-refractivity contribution in [1.82, 2.24) is 4.90 Å². The van der Waals surface area contributed by atoms with E-state index >= 15 is 0 Å². The maximum Gasteiger partial charge on any atom is 0.228 e. The third kappa shape index (κ3) is 3.43. The fraction of sp³-hybridized carbons (Fsp3) is 0.588. The lowest BCUT2D eigenvalue weighted by molar-refractivity contribution is -0.119. The standard InChI is InChI=1S/C17H24N2O3S/c1-13-11-14-5-3-4-6-16(14)19(13)17(20)7-9-18(2)15-8-10-23(21,22)12-15/h3-6,13,15H,7-12H2,1-2H3. The van der Waals surface area contributed by atoms with Crippen LogP contribution < -0.4 is 4.90 Å². The van der Waals surface area contributed by atoms with Crippen LogP contribution in [0, 0.1) is 0 Å². The van der Waals surface area contributed by atoms with E-state index in [-0.39, 0.29) is 29.5 Å². The highest BCUT2D eigenvalue weighted by atomic mass is 32.2. The minimum absolute atomic E-state index is 0.0519. The third-order valence-electron chi connectivity index (χ3n) is 4.99. The van der Waals surface area contributed by atoms with E-state index in [1.165, 1.54) is 5.56 Å². The number of hydrogen-bond donors (Lipinski definition) is 0. The molecule has 2 atom stereocenters. The Labute approximate surface area is 138 Å². The first-order chi connectivity index (χ1) is 10.9. The number of sulfone groups is 1. The van der Waals surface area contributed by atoms with Gasteiger partial charge in [-0.3, -0.25) is 4.79 Å². The summed E-state index contributed by atoms with van der Waals surface area (Å²) in [5.41, 5.74) is 2.25. The van der Waals surface area contributed by atoms with Crippen molar-refractivity contribution in [2.75, 3.05) is 30.0 Å². The van der Waals surface area contributed by atoms with Gasteiger partial charge < -0.3 is 9.80 Å². The van der Waals surface area contributed by atoms with Gasteiger partial charge in [0.05, 0.1) is 11.5 Å². The quantitative estimate of drug-likeness (QED) is 0.835. The van der Waals surface area contributed by atoms with Crippen LogP contribution in [0.3, 0.4) is 0 Å². The summed E-state index contributed by atoms with van der Waals surface area (Å²) in [6.07, 6.45) is 2.00. The minimum atomic E-state index is -2.88. The summed E-state index contributed by atoms with van der Waals surface area (Å²) in [5.74, 6) is 0.614. The van der Waals surface area contributed by atoms with Crippen LogP contribution in [0.25, 0.3) is 0 Å². The number of fused-ring (bicyclic) bond motifs is 1. The number of hydrogen-bond acceptors (Lipinski definition) is 4. The molecular weight excluding hydrogens is 312 g/mol. The number of anilines is 1. The first-order valence-electron chi connectivity index (χ1n) is 8.18. The van der Waals surface area contributed by atoms with Crippen molar-refractivity contribution in [2.45, 2.75) is 38.3 Å². The van der Waals surface area contributed by atoms with Gasteiger partial charge in [0.1, 0.15) is 0 Å². The molecule has 0 saturated carbocycles. The van der Waals surface area contributed by atoms with Gasteiger partial charge in [0, 0.05) is 30.7 Å². The number of nitrogens with zero attached hydrogens (tertiary/aromatic N) is 2. The molecule has 0 N–H and O–H groups in total. The fourth-order valence-corrected chi connectivity index (χ4v) is 5.45. The van der Waals surface area contributed by atoms with Crippen LogP contribution >= 0.6 is 0 Å². The fourth-order valence-electron chi connectivity index (χ4n) is 3.64. The molecular formula is C17H24N2O3S. The van der Waals surface area contributed by atoms with Gasteiger partial charge in [0.15, 0.2) is 9.84 Å². The topological polar surface area (TPSA) is 57.7 Å². The van der Waals surface area contributed by atoms with Crippen LogP contribution in [-0.2, 0) is 21.1 Å². The third-order valence-corrected chi connectivity index (χ3v) is 6.74. The van der Waals surface area contributed by atoms with E-state index in [1.807, 2.05) is 35.0 Å². The van der Waals surface area contributed by atoms with Gasteiger partial charge >= 0.3 is 0 Å². The SMILES string of the molecule is CC1Cc2ccccc2N1C(=O)CCN(C)C1CCS(=O)(=O)C1. The predicted molar refractivity (Wildman–Crippen MR) is 91.4 cm³/mol. The first-order valence-corrected chi connectivity index (χ1v) is 10.00. The van der Waals surface area contributed by atoms with Crippen molar-refractivity contribution < 1.29 is 13.2 Å². The molecule has 0 aliphatic carbocycles. The van der Waals surface area contributed by atoms with Gasteiger partial charge in [-0.2, -0.15) is 0 Å². The second kappa shape index (κ2) is 6.24. The van der Waals surface area contributed by atoms with Crippen LogP contribution in [0.1, 0.15) is 25.3 Å². The second-order valence-electron chi connectivity index (χ2n) is 6.73. The maximum atomic E-state index is 12.6. The smallest absolute Gasteiger partial charge is 0.228 e. The van der Waals surface area contributed by atoms with Gasteiger partial charge in [0.2, 0.25) is 5.91 Å². The molecule has 6 heteroatoms. The van der Waals surface area contributed by atoms with Crippen LogP contribution in [0.5, 0.6) is 0 Å². The molecule has 1 aromatic rings. The van der Waals surface area contributed by atoms with E-state index in [0.29, 0.717) is 19.4 Å². The highest BCUT2D eigenvalue weighted by Crippen LogP contribution is 2.32. The molecule has 5 nitrogen and oxygen atoms in total. The highest BCUT2D eigenvalue weighted by molar-refractivity contribution is 7.91. The van der Waals surface area contributed by atoms with Crippen LogP contribution in [0.4, 0.5) is 5.69 Å². The van der Waals surface area contributed by atoms with E-state index in [0.717, 1.165) is 12.1 Å².